The minimum absolute atomic E-state index is 0.0731. The predicted octanol–water partition coefficient (Wildman–Crippen LogP) is 5.09. The highest BCUT2D eigenvalue weighted by atomic mass is 35.5. The van der Waals surface area contributed by atoms with Crippen molar-refractivity contribution in [1.29, 1.82) is 0 Å². The summed E-state index contributed by atoms with van der Waals surface area (Å²) in [5.74, 6) is 1.41. The topological polar surface area (TPSA) is 52.4 Å². The van der Waals surface area contributed by atoms with Gasteiger partial charge in [0.1, 0.15) is 11.5 Å². The molecule has 0 N–H and O–H groups in total. The first kappa shape index (κ1) is 14.6. The van der Waals surface area contributed by atoms with E-state index < -0.39 is 4.92 Å². The number of halogens is 2. The van der Waals surface area contributed by atoms with E-state index in [2.05, 4.69) is 0 Å². The van der Waals surface area contributed by atoms with Crippen LogP contribution in [-0.2, 0) is 5.88 Å². The number of hydrogen-bond acceptors (Lipinski definition) is 3. The maximum Gasteiger partial charge on any atom is 0.271 e. The molecule has 0 bridgehead atoms. The van der Waals surface area contributed by atoms with Crippen molar-refractivity contribution in [2.45, 2.75) is 12.8 Å². The first-order valence-corrected chi connectivity index (χ1v) is 6.70. The molecule has 2 aromatic rings. The van der Waals surface area contributed by atoms with Crippen molar-refractivity contribution < 1.29 is 9.66 Å². The summed E-state index contributed by atoms with van der Waals surface area (Å²) in [4.78, 5) is 10.1. The summed E-state index contributed by atoms with van der Waals surface area (Å²) in [6.45, 7) is 1.93. The fraction of sp³-hybridized carbons (Fsp3) is 0.143. The highest BCUT2D eigenvalue weighted by Gasteiger charge is 2.11. The van der Waals surface area contributed by atoms with Gasteiger partial charge in [-0.1, -0.05) is 17.7 Å². The number of nitro benzene ring substituents is 1. The Kier molecular flexibility index (Phi) is 4.47. The summed E-state index contributed by atoms with van der Waals surface area (Å²) >= 11 is 11.8. The fourth-order valence-corrected chi connectivity index (χ4v) is 2.21. The van der Waals surface area contributed by atoms with Gasteiger partial charge in [-0.2, -0.15) is 0 Å². The average molecular weight is 312 g/mol. The molecule has 0 radical (unpaired) electrons. The van der Waals surface area contributed by atoms with Crippen LogP contribution in [0.2, 0.25) is 5.02 Å². The minimum atomic E-state index is -0.505. The van der Waals surface area contributed by atoms with Gasteiger partial charge in [0.05, 0.1) is 9.95 Å². The molecule has 0 amide bonds. The summed E-state index contributed by atoms with van der Waals surface area (Å²) < 4.78 is 5.63. The van der Waals surface area contributed by atoms with Crippen molar-refractivity contribution in [3.05, 3.63) is 62.7 Å². The summed E-state index contributed by atoms with van der Waals surface area (Å²) in [5.41, 5.74) is 1.96. The van der Waals surface area contributed by atoms with Crippen LogP contribution in [0, 0.1) is 17.0 Å². The highest BCUT2D eigenvalue weighted by molar-refractivity contribution is 6.32. The van der Waals surface area contributed by atoms with E-state index in [9.17, 15) is 10.1 Å². The van der Waals surface area contributed by atoms with E-state index in [1.807, 2.05) is 19.1 Å². The molecule has 0 heterocycles. The molecule has 0 saturated heterocycles. The molecular weight excluding hydrogens is 301 g/mol. The van der Waals surface area contributed by atoms with Gasteiger partial charge in [0.15, 0.2) is 0 Å². The first-order chi connectivity index (χ1) is 9.51. The molecule has 104 valence electrons. The van der Waals surface area contributed by atoms with Gasteiger partial charge in [0, 0.05) is 18.0 Å². The van der Waals surface area contributed by atoms with Crippen LogP contribution in [0.1, 0.15) is 11.1 Å². The molecular formula is C14H11Cl2NO3. The van der Waals surface area contributed by atoms with E-state index in [0.29, 0.717) is 17.4 Å². The Morgan fingerprint density at radius 3 is 2.55 bits per heavy atom. The number of nitrogens with zero attached hydrogens (tertiary/aromatic N) is 1. The quantitative estimate of drug-likeness (QED) is 0.449. The van der Waals surface area contributed by atoms with Crippen LogP contribution < -0.4 is 4.74 Å². The maximum atomic E-state index is 10.6. The zero-order chi connectivity index (χ0) is 14.7. The molecule has 0 unspecified atom stereocenters. The molecule has 20 heavy (non-hydrogen) atoms. The van der Waals surface area contributed by atoms with Crippen molar-refractivity contribution in [2.24, 2.45) is 0 Å². The molecule has 0 aliphatic rings. The minimum Gasteiger partial charge on any atom is -0.456 e. The SMILES string of the molecule is Cc1cc(Oc2ccc([N+](=O)[O-])cc2Cl)ccc1CCl. The fourth-order valence-electron chi connectivity index (χ4n) is 1.69. The number of hydrogen-bond donors (Lipinski definition) is 0. The highest BCUT2D eigenvalue weighted by Crippen LogP contribution is 2.33. The van der Waals surface area contributed by atoms with Gasteiger partial charge >= 0.3 is 0 Å². The Morgan fingerprint density at radius 1 is 1.25 bits per heavy atom. The smallest absolute Gasteiger partial charge is 0.271 e. The van der Waals surface area contributed by atoms with E-state index in [1.165, 1.54) is 18.2 Å². The molecule has 2 aromatic carbocycles. The number of non-ortho nitro benzene ring substituents is 1. The van der Waals surface area contributed by atoms with E-state index in [4.69, 9.17) is 27.9 Å². The Bertz CT molecular complexity index is 659. The third kappa shape index (κ3) is 3.21. The number of ether oxygens (including phenoxy) is 1. The molecule has 0 aliphatic heterocycles. The molecule has 2 rings (SSSR count). The van der Waals surface area contributed by atoms with Crippen molar-refractivity contribution >= 4 is 28.9 Å². The lowest BCUT2D eigenvalue weighted by molar-refractivity contribution is -0.384. The molecule has 0 atom stereocenters. The van der Waals surface area contributed by atoms with Crippen LogP contribution in [0.4, 0.5) is 5.69 Å². The van der Waals surface area contributed by atoms with E-state index in [-0.39, 0.29) is 10.7 Å². The van der Waals surface area contributed by atoms with Crippen LogP contribution in [0.25, 0.3) is 0 Å². The second kappa shape index (κ2) is 6.11. The zero-order valence-electron chi connectivity index (χ0n) is 10.6. The van der Waals surface area contributed by atoms with E-state index >= 15 is 0 Å². The van der Waals surface area contributed by atoms with Gasteiger partial charge in [0.2, 0.25) is 0 Å². The number of benzene rings is 2. The molecule has 0 aliphatic carbocycles. The molecule has 4 nitrogen and oxygen atoms in total. The average Bonchev–Trinajstić information content (AvgIpc) is 2.41. The van der Waals surface area contributed by atoms with Gasteiger partial charge in [-0.3, -0.25) is 10.1 Å². The third-order valence-corrected chi connectivity index (χ3v) is 3.40. The number of rotatable bonds is 4. The third-order valence-electron chi connectivity index (χ3n) is 2.81. The zero-order valence-corrected chi connectivity index (χ0v) is 12.1. The maximum absolute atomic E-state index is 10.6. The molecule has 6 heteroatoms. The van der Waals surface area contributed by atoms with Crippen LogP contribution in [-0.4, -0.2) is 4.92 Å². The molecule has 0 spiro atoms. The van der Waals surface area contributed by atoms with Gasteiger partial charge in [-0.15, -0.1) is 11.6 Å². The first-order valence-electron chi connectivity index (χ1n) is 5.78. The van der Waals surface area contributed by atoms with E-state index in [1.54, 1.807) is 6.07 Å². The van der Waals surface area contributed by atoms with Crippen molar-refractivity contribution in [3.63, 3.8) is 0 Å². The lowest BCUT2D eigenvalue weighted by atomic mass is 10.1. The Morgan fingerprint density at radius 2 is 2.00 bits per heavy atom. The number of aryl methyl sites for hydroxylation is 1. The number of alkyl halides is 1. The number of nitro groups is 1. The van der Waals surface area contributed by atoms with Crippen LogP contribution in [0.15, 0.2) is 36.4 Å². The molecule has 0 aromatic heterocycles. The predicted molar refractivity (Wildman–Crippen MR) is 78.9 cm³/mol. The normalized spacial score (nSPS) is 10.3. The summed E-state index contributed by atoms with van der Waals surface area (Å²) in [7, 11) is 0. The van der Waals surface area contributed by atoms with Crippen molar-refractivity contribution in [1.82, 2.24) is 0 Å². The summed E-state index contributed by atoms with van der Waals surface area (Å²) in [6, 6.07) is 9.58. The molecule has 0 saturated carbocycles. The summed E-state index contributed by atoms with van der Waals surface area (Å²) in [6.07, 6.45) is 0. The largest absolute Gasteiger partial charge is 0.456 e. The molecule has 0 fully saturated rings. The Hall–Kier alpha value is -1.78. The summed E-state index contributed by atoms with van der Waals surface area (Å²) in [5, 5.41) is 10.8. The van der Waals surface area contributed by atoms with Crippen LogP contribution in [0.3, 0.4) is 0 Å². The van der Waals surface area contributed by atoms with Crippen LogP contribution in [0.5, 0.6) is 11.5 Å². The standard InChI is InChI=1S/C14H11Cl2NO3/c1-9-6-12(4-2-10(9)8-15)20-14-5-3-11(17(18)19)7-13(14)16/h2-7H,8H2,1H3. The lowest BCUT2D eigenvalue weighted by Crippen LogP contribution is -1.91. The Labute approximate surface area is 126 Å². The second-order valence-corrected chi connectivity index (χ2v) is 4.87. The van der Waals surface area contributed by atoms with Crippen molar-refractivity contribution in [3.8, 4) is 11.5 Å². The van der Waals surface area contributed by atoms with E-state index in [0.717, 1.165) is 11.1 Å². The monoisotopic (exact) mass is 311 g/mol. The van der Waals surface area contributed by atoms with Crippen LogP contribution >= 0.6 is 23.2 Å². The van der Waals surface area contributed by atoms with Gasteiger partial charge in [-0.25, -0.2) is 0 Å². The van der Waals surface area contributed by atoms with Gasteiger partial charge < -0.3 is 4.74 Å². The Balaban J connectivity index is 2.26. The van der Waals surface area contributed by atoms with Gasteiger partial charge in [0.25, 0.3) is 5.69 Å². The van der Waals surface area contributed by atoms with Gasteiger partial charge in [-0.05, 0) is 36.2 Å². The second-order valence-electron chi connectivity index (χ2n) is 4.20. The van der Waals surface area contributed by atoms with Crippen molar-refractivity contribution in [2.75, 3.05) is 0 Å². The lowest BCUT2D eigenvalue weighted by Gasteiger charge is -2.09.